The molecule has 194 valence electrons. The van der Waals surface area contributed by atoms with Gasteiger partial charge < -0.3 is 14.7 Å². The van der Waals surface area contributed by atoms with Crippen molar-refractivity contribution >= 4 is 29.3 Å². The largest absolute Gasteiger partial charge is 0.490 e. The number of halogens is 3. The van der Waals surface area contributed by atoms with Crippen molar-refractivity contribution in [2.75, 3.05) is 23.0 Å². The van der Waals surface area contributed by atoms with Gasteiger partial charge in [0.2, 0.25) is 0 Å². The Labute approximate surface area is 211 Å². The lowest BCUT2D eigenvalue weighted by atomic mass is 9.94. The van der Waals surface area contributed by atoms with Crippen molar-refractivity contribution in [3.05, 3.63) is 53.6 Å². The maximum atomic E-state index is 13.4. The van der Waals surface area contributed by atoms with Crippen LogP contribution in [0.2, 0.25) is 0 Å². The third kappa shape index (κ3) is 5.69. The number of hydrazone groups is 1. The molecule has 2 atom stereocenters. The van der Waals surface area contributed by atoms with Gasteiger partial charge in [0.05, 0.1) is 29.4 Å². The molecule has 8 nitrogen and oxygen atoms in total. The third-order valence-corrected chi connectivity index (χ3v) is 6.68. The number of ether oxygens (including phenoxy) is 1. The highest BCUT2D eigenvalue weighted by atomic mass is 19.4. The molecule has 2 aromatic rings. The van der Waals surface area contributed by atoms with Crippen LogP contribution < -0.4 is 14.6 Å². The Morgan fingerprint density at radius 3 is 2.46 bits per heavy atom. The summed E-state index contributed by atoms with van der Waals surface area (Å²) in [4.78, 5) is 24.5. The molecule has 11 heteroatoms. The van der Waals surface area contributed by atoms with E-state index < -0.39 is 36.2 Å². The lowest BCUT2D eigenvalue weighted by molar-refractivity contribution is -0.137. The molecule has 0 bridgehead atoms. The molecule has 1 fully saturated rings. The van der Waals surface area contributed by atoms with Gasteiger partial charge in [-0.2, -0.15) is 23.5 Å². The van der Waals surface area contributed by atoms with Crippen molar-refractivity contribution in [2.45, 2.75) is 44.5 Å². The van der Waals surface area contributed by atoms with Crippen LogP contribution in [0.25, 0.3) is 0 Å². The van der Waals surface area contributed by atoms with Crippen molar-refractivity contribution in [2.24, 2.45) is 11.0 Å². The highest BCUT2D eigenvalue weighted by Crippen LogP contribution is 2.37. The number of carbonyl (C=O) groups is 2. The Hall–Kier alpha value is -4.07. The van der Waals surface area contributed by atoms with Crippen molar-refractivity contribution in [3.63, 3.8) is 0 Å². The van der Waals surface area contributed by atoms with Crippen LogP contribution in [0.5, 0.6) is 5.75 Å². The van der Waals surface area contributed by atoms with Crippen LogP contribution in [0.15, 0.2) is 47.6 Å². The van der Waals surface area contributed by atoms with Crippen molar-refractivity contribution in [1.29, 1.82) is 5.26 Å². The zero-order valence-corrected chi connectivity index (χ0v) is 20.0. The number of alkyl halides is 3. The summed E-state index contributed by atoms with van der Waals surface area (Å²) < 4.78 is 46.2. The summed E-state index contributed by atoms with van der Waals surface area (Å²) in [6.45, 7) is 2.58. The number of nitrogens with zero attached hydrogens (tertiary/aromatic N) is 4. The summed E-state index contributed by atoms with van der Waals surface area (Å²) in [6.07, 6.45) is -3.16. The fraction of sp³-hybridized carbons (Fsp3) is 0.385. The van der Waals surface area contributed by atoms with Crippen LogP contribution in [0, 0.1) is 17.2 Å². The second kappa shape index (κ2) is 10.5. The van der Waals surface area contributed by atoms with Gasteiger partial charge in [-0.15, -0.1) is 0 Å². The first-order valence-electron chi connectivity index (χ1n) is 11.8. The maximum Gasteiger partial charge on any atom is 0.431 e. The number of anilines is 2. The topological polar surface area (TPSA) is 106 Å². The van der Waals surface area contributed by atoms with E-state index in [9.17, 15) is 33.1 Å². The van der Waals surface area contributed by atoms with Gasteiger partial charge in [-0.1, -0.05) is 13.0 Å². The normalized spacial score (nSPS) is 20.4. The zero-order chi connectivity index (χ0) is 26.7. The van der Waals surface area contributed by atoms with Crippen molar-refractivity contribution < 1.29 is 32.6 Å². The Kier molecular flexibility index (Phi) is 7.38. The maximum absolute atomic E-state index is 13.4. The summed E-state index contributed by atoms with van der Waals surface area (Å²) in [5.41, 5.74) is 1.05. The predicted octanol–water partition coefficient (Wildman–Crippen LogP) is 4.64. The van der Waals surface area contributed by atoms with E-state index in [4.69, 9.17) is 4.74 Å². The van der Waals surface area contributed by atoms with E-state index in [0.29, 0.717) is 54.2 Å². The second-order valence-corrected chi connectivity index (χ2v) is 9.09. The second-order valence-electron chi connectivity index (χ2n) is 9.09. The highest BCUT2D eigenvalue weighted by molar-refractivity contribution is 5.96. The van der Waals surface area contributed by atoms with Crippen LogP contribution in [0.1, 0.15) is 42.1 Å². The number of hydrogen-bond donors (Lipinski definition) is 1. The fourth-order valence-corrected chi connectivity index (χ4v) is 4.74. The van der Waals surface area contributed by atoms with E-state index in [2.05, 4.69) is 11.2 Å². The molecule has 0 aromatic heterocycles. The van der Waals surface area contributed by atoms with E-state index in [1.54, 1.807) is 42.5 Å². The van der Waals surface area contributed by atoms with Gasteiger partial charge >= 0.3 is 12.1 Å². The number of piperidine rings is 1. The van der Waals surface area contributed by atoms with Crippen molar-refractivity contribution in [3.8, 4) is 11.8 Å². The zero-order valence-electron chi connectivity index (χ0n) is 20.0. The molecular weight excluding hydrogens is 489 g/mol. The molecule has 37 heavy (non-hydrogen) atoms. The summed E-state index contributed by atoms with van der Waals surface area (Å²) in [5, 5.41) is 23.5. The molecule has 2 aliphatic rings. The molecule has 2 heterocycles. The molecule has 4 rings (SSSR count). The molecule has 1 saturated heterocycles. The summed E-state index contributed by atoms with van der Waals surface area (Å²) in [7, 11) is 0. The van der Waals surface area contributed by atoms with Crippen molar-refractivity contribution in [1.82, 2.24) is 0 Å². The first-order chi connectivity index (χ1) is 17.6. The highest BCUT2D eigenvalue weighted by Gasteiger charge is 2.48. The average Bonchev–Trinajstić information content (AvgIpc) is 3.20. The Balaban J connectivity index is 1.42. The molecule has 0 unspecified atom stereocenters. The standard InChI is InChI=1S/C26H25F3N4O4/c1-16-22(13-24(35)36)33(31-25(16)26(27,28)29)19-4-6-20(7-5-19)37-21-8-10-32(11-9-21)23-12-17(15-34)2-3-18(23)14-30/h2-7,12,15-16,21-22H,8-11,13H2,1H3,(H,35,36)/t16-,22-/m0/s1. The van der Waals surface area contributed by atoms with Gasteiger partial charge in [0, 0.05) is 37.4 Å². The SMILES string of the molecule is C[C@@H]1C(C(F)(F)F)=NN(c2ccc(OC3CCN(c4cc(C=O)ccc4C#N)CC3)cc2)[C@H]1CC(=O)O. The van der Waals surface area contributed by atoms with E-state index in [-0.39, 0.29) is 6.10 Å². The first kappa shape index (κ1) is 26.0. The molecule has 0 amide bonds. The molecule has 0 radical (unpaired) electrons. The van der Waals surface area contributed by atoms with Gasteiger partial charge in [0.1, 0.15) is 29.9 Å². The molecule has 1 N–H and O–H groups in total. The number of nitriles is 1. The first-order valence-corrected chi connectivity index (χ1v) is 11.8. The van der Waals surface area contributed by atoms with Gasteiger partial charge in [0.25, 0.3) is 0 Å². The number of rotatable bonds is 7. The average molecular weight is 515 g/mol. The van der Waals surface area contributed by atoms with Crippen LogP contribution in [0.3, 0.4) is 0 Å². The predicted molar refractivity (Wildman–Crippen MR) is 130 cm³/mol. The van der Waals surface area contributed by atoms with Gasteiger partial charge in [-0.05, 0) is 36.4 Å². The summed E-state index contributed by atoms with van der Waals surface area (Å²) in [6, 6.07) is 12.5. The minimum Gasteiger partial charge on any atom is -0.490 e. The number of carboxylic acids is 1. The number of carbonyl (C=O) groups excluding carboxylic acids is 1. The Morgan fingerprint density at radius 2 is 1.89 bits per heavy atom. The fourth-order valence-electron chi connectivity index (χ4n) is 4.74. The van der Waals surface area contributed by atoms with E-state index >= 15 is 0 Å². The summed E-state index contributed by atoms with van der Waals surface area (Å²) >= 11 is 0. The molecule has 0 aliphatic carbocycles. The van der Waals surface area contributed by atoms with Gasteiger partial charge in [-0.3, -0.25) is 14.6 Å². The minimum atomic E-state index is -4.65. The van der Waals surface area contributed by atoms with Crippen LogP contribution in [-0.4, -0.2) is 54.5 Å². The van der Waals surface area contributed by atoms with Gasteiger partial charge in [0.15, 0.2) is 0 Å². The Morgan fingerprint density at radius 1 is 1.22 bits per heavy atom. The van der Waals surface area contributed by atoms with Crippen LogP contribution in [0.4, 0.5) is 24.5 Å². The Bertz CT molecular complexity index is 1230. The monoisotopic (exact) mass is 514 g/mol. The van der Waals surface area contributed by atoms with Gasteiger partial charge in [-0.25, -0.2) is 0 Å². The number of aliphatic carboxylic acids is 1. The lowest BCUT2D eigenvalue weighted by Crippen LogP contribution is -2.38. The molecular formula is C26H25F3N4O4. The molecule has 2 aliphatic heterocycles. The quantitative estimate of drug-likeness (QED) is 0.537. The molecule has 2 aromatic carbocycles. The lowest BCUT2D eigenvalue weighted by Gasteiger charge is -2.34. The number of benzene rings is 2. The smallest absolute Gasteiger partial charge is 0.431 e. The van der Waals surface area contributed by atoms with E-state index in [1.165, 1.54) is 6.92 Å². The van der Waals surface area contributed by atoms with Crippen LogP contribution >= 0.6 is 0 Å². The number of aldehydes is 1. The third-order valence-electron chi connectivity index (χ3n) is 6.68. The number of carboxylic acid groups (broad SMARTS) is 1. The van der Waals surface area contributed by atoms with Crippen LogP contribution in [-0.2, 0) is 4.79 Å². The van der Waals surface area contributed by atoms with E-state index in [1.807, 2.05) is 4.90 Å². The van der Waals surface area contributed by atoms with E-state index in [0.717, 1.165) is 11.3 Å². The molecule has 0 spiro atoms. The number of hydrogen-bond acceptors (Lipinski definition) is 7. The summed E-state index contributed by atoms with van der Waals surface area (Å²) in [5.74, 6) is -1.76. The molecule has 0 saturated carbocycles. The minimum absolute atomic E-state index is 0.108.